The van der Waals surface area contributed by atoms with Gasteiger partial charge in [0.2, 0.25) is 0 Å². The third-order valence-electron chi connectivity index (χ3n) is 3.10. The third kappa shape index (κ3) is 2.65. The Bertz CT molecular complexity index is 423. The van der Waals surface area contributed by atoms with Crippen LogP contribution in [0.15, 0.2) is 18.2 Å². The van der Waals surface area contributed by atoms with Gasteiger partial charge in [0.05, 0.1) is 6.04 Å². The fraction of sp³-hybridized carbons (Fsp3) is 0.467. The van der Waals surface area contributed by atoms with Crippen LogP contribution in [0.5, 0.6) is 0 Å². The van der Waals surface area contributed by atoms with Crippen LogP contribution in [0.2, 0.25) is 0 Å². The van der Waals surface area contributed by atoms with Gasteiger partial charge in [-0.25, -0.2) is 0 Å². The summed E-state index contributed by atoms with van der Waals surface area (Å²) in [4.78, 5) is 0. The molecule has 0 aromatic heterocycles. The Hall–Kier alpha value is -1.26. The van der Waals surface area contributed by atoms with Gasteiger partial charge in [0.15, 0.2) is 0 Å². The normalized spacial score (nSPS) is 15.1. The quantitative estimate of drug-likeness (QED) is 0.751. The summed E-state index contributed by atoms with van der Waals surface area (Å²) in [7, 11) is 0. The van der Waals surface area contributed by atoms with Gasteiger partial charge in [0.25, 0.3) is 0 Å². The number of fused-ring (bicyclic) bond motifs is 1. The maximum atomic E-state index is 5.87. The predicted molar refractivity (Wildman–Crippen MR) is 68.2 cm³/mol. The molecule has 1 heteroatoms. The summed E-state index contributed by atoms with van der Waals surface area (Å²) in [6, 6.07) is 6.60. The highest BCUT2D eigenvalue weighted by molar-refractivity contribution is 5.43. The lowest BCUT2D eigenvalue weighted by molar-refractivity contribution is 0.720. The van der Waals surface area contributed by atoms with Crippen LogP contribution < -0.4 is 5.73 Å². The minimum atomic E-state index is 0.0262. The van der Waals surface area contributed by atoms with Crippen LogP contribution in [0, 0.1) is 11.8 Å². The van der Waals surface area contributed by atoms with Gasteiger partial charge in [0, 0.05) is 5.56 Å². The van der Waals surface area contributed by atoms with Crippen molar-refractivity contribution >= 4 is 0 Å². The summed E-state index contributed by atoms with van der Waals surface area (Å²) in [5, 5.41) is 0. The number of nitrogens with two attached hydrogens (primary N) is 1. The van der Waals surface area contributed by atoms with E-state index >= 15 is 0 Å². The lowest BCUT2D eigenvalue weighted by Crippen LogP contribution is -2.16. The van der Waals surface area contributed by atoms with E-state index in [4.69, 9.17) is 5.73 Å². The molecule has 2 N–H and O–H groups in total. The third-order valence-corrected chi connectivity index (χ3v) is 3.10. The smallest absolute Gasteiger partial charge is 0.0668 e. The van der Waals surface area contributed by atoms with Crippen LogP contribution in [0.1, 0.15) is 42.9 Å². The second kappa shape index (κ2) is 5.18. The molecule has 0 spiro atoms. The lowest BCUT2D eigenvalue weighted by atomic mass is 10.1. The van der Waals surface area contributed by atoms with E-state index in [0.717, 1.165) is 18.4 Å². The van der Waals surface area contributed by atoms with E-state index in [0.29, 0.717) is 0 Å². The summed E-state index contributed by atoms with van der Waals surface area (Å²) in [6.45, 7) is 2.14. The van der Waals surface area contributed by atoms with Gasteiger partial charge < -0.3 is 5.73 Å². The van der Waals surface area contributed by atoms with E-state index in [1.165, 1.54) is 30.4 Å². The van der Waals surface area contributed by atoms with Crippen molar-refractivity contribution in [2.24, 2.45) is 5.73 Å². The molecule has 0 aliphatic heterocycles. The van der Waals surface area contributed by atoms with Crippen LogP contribution in [0.25, 0.3) is 0 Å². The molecule has 1 aromatic carbocycles. The Morgan fingerprint density at radius 3 is 2.94 bits per heavy atom. The molecule has 2 rings (SSSR count). The zero-order valence-corrected chi connectivity index (χ0v) is 9.92. The van der Waals surface area contributed by atoms with Gasteiger partial charge in [-0.05, 0) is 48.9 Å². The Balaban J connectivity index is 2.10. The second-order valence-corrected chi connectivity index (χ2v) is 4.50. The van der Waals surface area contributed by atoms with Crippen molar-refractivity contribution in [3.63, 3.8) is 0 Å². The van der Waals surface area contributed by atoms with E-state index in [2.05, 4.69) is 37.0 Å². The number of hydrogen-bond donors (Lipinski definition) is 1. The molecule has 1 atom stereocenters. The highest BCUT2D eigenvalue weighted by Crippen LogP contribution is 2.22. The van der Waals surface area contributed by atoms with Crippen molar-refractivity contribution in [3.8, 4) is 11.8 Å². The van der Waals surface area contributed by atoms with Crippen molar-refractivity contribution in [2.45, 2.75) is 45.1 Å². The molecule has 0 heterocycles. The minimum absolute atomic E-state index is 0.0262. The molecule has 84 valence electrons. The van der Waals surface area contributed by atoms with Crippen LogP contribution in [0.4, 0.5) is 0 Å². The van der Waals surface area contributed by atoms with Crippen LogP contribution in [-0.2, 0) is 12.8 Å². The van der Waals surface area contributed by atoms with Crippen molar-refractivity contribution < 1.29 is 0 Å². The number of benzene rings is 1. The predicted octanol–water partition coefficient (Wildman–Crippen LogP) is 2.65. The van der Waals surface area contributed by atoms with E-state index in [1.54, 1.807) is 0 Å². The molecular weight excluding hydrogens is 194 g/mol. The Labute approximate surface area is 98.0 Å². The first-order valence-electron chi connectivity index (χ1n) is 6.18. The highest BCUT2D eigenvalue weighted by atomic mass is 14.6. The average molecular weight is 213 g/mol. The maximum Gasteiger partial charge on any atom is 0.0668 e. The van der Waals surface area contributed by atoms with E-state index in [9.17, 15) is 0 Å². The SMILES string of the molecule is CCCC(N)C#Cc1ccc2c(c1)CCC2. The summed E-state index contributed by atoms with van der Waals surface area (Å²) in [6.07, 6.45) is 5.82. The van der Waals surface area contributed by atoms with Gasteiger partial charge in [-0.2, -0.15) is 0 Å². The molecule has 1 nitrogen and oxygen atoms in total. The van der Waals surface area contributed by atoms with E-state index in [1.807, 2.05) is 0 Å². The first-order valence-corrected chi connectivity index (χ1v) is 6.18. The molecule has 0 saturated carbocycles. The zero-order valence-electron chi connectivity index (χ0n) is 9.92. The van der Waals surface area contributed by atoms with Crippen LogP contribution in [-0.4, -0.2) is 6.04 Å². The summed E-state index contributed by atoms with van der Waals surface area (Å²) < 4.78 is 0. The van der Waals surface area contributed by atoms with Gasteiger partial charge >= 0.3 is 0 Å². The number of aryl methyl sites for hydroxylation is 2. The monoisotopic (exact) mass is 213 g/mol. The van der Waals surface area contributed by atoms with Crippen LogP contribution >= 0.6 is 0 Å². The minimum Gasteiger partial charge on any atom is -0.318 e. The largest absolute Gasteiger partial charge is 0.318 e. The Morgan fingerprint density at radius 2 is 2.12 bits per heavy atom. The molecule has 0 saturated heterocycles. The maximum absolute atomic E-state index is 5.87. The summed E-state index contributed by atoms with van der Waals surface area (Å²) in [5.41, 5.74) is 9.97. The van der Waals surface area contributed by atoms with Gasteiger partial charge in [0.1, 0.15) is 0 Å². The van der Waals surface area contributed by atoms with Crippen molar-refractivity contribution in [3.05, 3.63) is 34.9 Å². The average Bonchev–Trinajstić information content (AvgIpc) is 2.74. The van der Waals surface area contributed by atoms with Gasteiger partial charge in [-0.15, -0.1) is 0 Å². The standard InChI is InChI=1S/C15H19N/c1-2-4-15(16)10-8-12-7-9-13-5-3-6-14(13)11-12/h7,9,11,15H,2-6,16H2,1H3. The molecule has 0 amide bonds. The van der Waals surface area contributed by atoms with Gasteiger partial charge in [-0.1, -0.05) is 31.3 Å². The van der Waals surface area contributed by atoms with Gasteiger partial charge in [-0.3, -0.25) is 0 Å². The van der Waals surface area contributed by atoms with Crippen LogP contribution in [0.3, 0.4) is 0 Å². The first kappa shape index (κ1) is 11.2. The van der Waals surface area contributed by atoms with Crippen molar-refractivity contribution in [1.82, 2.24) is 0 Å². The summed E-state index contributed by atoms with van der Waals surface area (Å²) >= 11 is 0. The molecule has 1 aliphatic carbocycles. The molecule has 1 aromatic rings. The fourth-order valence-corrected chi connectivity index (χ4v) is 2.21. The highest BCUT2D eigenvalue weighted by Gasteiger charge is 2.09. The molecular formula is C15H19N. The Kier molecular flexibility index (Phi) is 3.64. The molecule has 1 unspecified atom stereocenters. The topological polar surface area (TPSA) is 26.0 Å². The van der Waals surface area contributed by atoms with Crippen molar-refractivity contribution in [2.75, 3.05) is 0 Å². The first-order chi connectivity index (χ1) is 7.79. The fourth-order valence-electron chi connectivity index (χ4n) is 2.21. The lowest BCUT2D eigenvalue weighted by Gasteiger charge is -2.01. The molecule has 16 heavy (non-hydrogen) atoms. The number of rotatable bonds is 2. The van der Waals surface area contributed by atoms with Crippen molar-refractivity contribution in [1.29, 1.82) is 0 Å². The molecule has 1 aliphatic rings. The molecule has 0 bridgehead atoms. The molecule has 0 radical (unpaired) electrons. The molecule has 0 fully saturated rings. The second-order valence-electron chi connectivity index (χ2n) is 4.50. The zero-order chi connectivity index (χ0) is 11.4. The van der Waals surface area contributed by atoms with E-state index in [-0.39, 0.29) is 6.04 Å². The summed E-state index contributed by atoms with van der Waals surface area (Å²) in [5.74, 6) is 6.30. The van der Waals surface area contributed by atoms with E-state index < -0.39 is 0 Å². The Morgan fingerprint density at radius 1 is 1.31 bits per heavy atom. The number of hydrogen-bond acceptors (Lipinski definition) is 1.